The summed E-state index contributed by atoms with van der Waals surface area (Å²) in [5.41, 5.74) is 2.06. The summed E-state index contributed by atoms with van der Waals surface area (Å²) >= 11 is 1.51. The molecule has 2 amide bonds. The van der Waals surface area contributed by atoms with E-state index in [1.165, 1.54) is 16.9 Å². The van der Waals surface area contributed by atoms with Gasteiger partial charge in [-0.3, -0.25) is 9.59 Å². The summed E-state index contributed by atoms with van der Waals surface area (Å²) in [7, 11) is 0. The van der Waals surface area contributed by atoms with E-state index in [1.807, 2.05) is 41.5 Å². The van der Waals surface area contributed by atoms with Gasteiger partial charge in [0.05, 0.1) is 10.4 Å². The number of nitrogens with one attached hydrogen (secondary N) is 1. The Balaban J connectivity index is 1.52. The van der Waals surface area contributed by atoms with E-state index in [0.717, 1.165) is 23.3 Å². The Morgan fingerprint density at radius 2 is 1.92 bits per heavy atom. The van der Waals surface area contributed by atoms with Gasteiger partial charge in [-0.1, -0.05) is 30.3 Å². The summed E-state index contributed by atoms with van der Waals surface area (Å²) in [6.45, 7) is 3.37. The smallest absolute Gasteiger partial charge is 0.264 e. The predicted octanol–water partition coefficient (Wildman–Crippen LogP) is 3.34. The number of thiophene rings is 1. The minimum absolute atomic E-state index is 0.128. The van der Waals surface area contributed by atoms with Gasteiger partial charge in [0.1, 0.15) is 0 Å². The highest BCUT2D eigenvalue weighted by molar-refractivity contribution is 7.12. The highest BCUT2D eigenvalue weighted by Crippen LogP contribution is 2.43. The summed E-state index contributed by atoms with van der Waals surface area (Å²) in [4.78, 5) is 27.7. The Bertz CT molecular complexity index is 791. The number of hydrogen-bond acceptors (Lipinski definition) is 3. The van der Waals surface area contributed by atoms with Gasteiger partial charge in [-0.25, -0.2) is 0 Å². The van der Waals surface area contributed by atoms with Crippen molar-refractivity contribution in [2.45, 2.75) is 37.6 Å². The van der Waals surface area contributed by atoms with Crippen molar-refractivity contribution >= 4 is 23.2 Å². The summed E-state index contributed by atoms with van der Waals surface area (Å²) in [6, 6.07) is 12.3. The SMILES string of the molecule is Cc1ccsc1C(=O)N1CCC2(CC1)NC(=O)CC2c1ccccc1. The molecule has 1 N–H and O–H groups in total. The van der Waals surface area contributed by atoms with Gasteiger partial charge in [0.2, 0.25) is 5.91 Å². The van der Waals surface area contributed by atoms with Gasteiger partial charge in [0, 0.05) is 25.4 Å². The van der Waals surface area contributed by atoms with Crippen molar-refractivity contribution in [3.8, 4) is 0 Å². The van der Waals surface area contributed by atoms with Crippen LogP contribution in [-0.4, -0.2) is 35.3 Å². The molecule has 130 valence electrons. The quantitative estimate of drug-likeness (QED) is 0.899. The lowest BCUT2D eigenvalue weighted by atomic mass is 9.74. The minimum Gasteiger partial charge on any atom is -0.350 e. The zero-order valence-corrected chi connectivity index (χ0v) is 15.1. The number of benzene rings is 1. The molecule has 2 aliphatic heterocycles. The summed E-state index contributed by atoms with van der Waals surface area (Å²) in [6.07, 6.45) is 2.17. The number of carbonyl (C=O) groups excluding carboxylic acids is 2. The zero-order valence-electron chi connectivity index (χ0n) is 14.3. The Morgan fingerprint density at radius 3 is 2.56 bits per heavy atom. The first-order chi connectivity index (χ1) is 12.1. The minimum atomic E-state index is -0.209. The van der Waals surface area contributed by atoms with Crippen molar-refractivity contribution in [3.63, 3.8) is 0 Å². The van der Waals surface area contributed by atoms with E-state index in [9.17, 15) is 9.59 Å². The second-order valence-corrected chi connectivity index (χ2v) is 8.01. The lowest BCUT2D eigenvalue weighted by Crippen LogP contribution is -2.54. The van der Waals surface area contributed by atoms with Crippen molar-refractivity contribution in [3.05, 3.63) is 57.8 Å². The Labute approximate surface area is 151 Å². The third-order valence-electron chi connectivity index (χ3n) is 5.65. The summed E-state index contributed by atoms with van der Waals surface area (Å²) < 4.78 is 0. The number of piperidine rings is 1. The molecule has 4 nitrogen and oxygen atoms in total. The first-order valence-electron chi connectivity index (χ1n) is 8.78. The normalized spacial score (nSPS) is 22.2. The fourth-order valence-corrected chi connectivity index (χ4v) is 5.13. The molecule has 2 aromatic rings. The standard InChI is InChI=1S/C20H22N2O2S/c1-14-7-12-25-18(14)19(24)22-10-8-20(9-11-22)16(13-17(23)21-20)15-5-3-2-4-6-15/h2-7,12,16H,8-11,13H2,1H3,(H,21,23). The maximum Gasteiger partial charge on any atom is 0.264 e. The van der Waals surface area contributed by atoms with Crippen LogP contribution >= 0.6 is 11.3 Å². The largest absolute Gasteiger partial charge is 0.350 e. The second kappa shape index (κ2) is 6.30. The monoisotopic (exact) mass is 354 g/mol. The fourth-order valence-electron chi connectivity index (χ4n) is 4.24. The first kappa shape index (κ1) is 16.3. The molecule has 1 unspecified atom stereocenters. The number of nitrogens with zero attached hydrogens (tertiary/aromatic N) is 1. The molecule has 0 bridgehead atoms. The Kier molecular flexibility index (Phi) is 4.12. The van der Waals surface area contributed by atoms with Crippen LogP contribution in [-0.2, 0) is 4.79 Å². The molecule has 2 fully saturated rings. The average molecular weight is 354 g/mol. The van der Waals surface area contributed by atoms with E-state index in [-0.39, 0.29) is 23.3 Å². The molecule has 2 aliphatic rings. The third kappa shape index (κ3) is 2.86. The Hall–Kier alpha value is -2.14. The van der Waals surface area contributed by atoms with Crippen LogP contribution in [0.5, 0.6) is 0 Å². The maximum absolute atomic E-state index is 12.7. The fraction of sp³-hybridized carbons (Fsp3) is 0.400. The van der Waals surface area contributed by atoms with Crippen LogP contribution in [0.1, 0.15) is 46.0 Å². The van der Waals surface area contributed by atoms with Crippen LogP contribution < -0.4 is 5.32 Å². The number of carbonyl (C=O) groups is 2. The summed E-state index contributed by atoms with van der Waals surface area (Å²) in [5, 5.41) is 5.22. The molecule has 1 spiro atoms. The van der Waals surface area contributed by atoms with E-state index in [2.05, 4.69) is 17.4 Å². The molecule has 5 heteroatoms. The van der Waals surface area contributed by atoms with Crippen molar-refractivity contribution < 1.29 is 9.59 Å². The van der Waals surface area contributed by atoms with Crippen molar-refractivity contribution in [2.75, 3.05) is 13.1 Å². The van der Waals surface area contributed by atoms with E-state index in [4.69, 9.17) is 0 Å². The van der Waals surface area contributed by atoms with E-state index >= 15 is 0 Å². The van der Waals surface area contributed by atoms with Gasteiger partial charge in [-0.05, 0) is 42.3 Å². The van der Waals surface area contributed by atoms with Crippen molar-refractivity contribution in [1.82, 2.24) is 10.2 Å². The van der Waals surface area contributed by atoms with Crippen LogP contribution in [0.15, 0.2) is 41.8 Å². The van der Waals surface area contributed by atoms with E-state index < -0.39 is 0 Å². The number of aryl methyl sites for hydroxylation is 1. The van der Waals surface area contributed by atoms with Crippen molar-refractivity contribution in [2.24, 2.45) is 0 Å². The van der Waals surface area contributed by atoms with Gasteiger partial charge >= 0.3 is 0 Å². The van der Waals surface area contributed by atoms with Gasteiger partial charge in [-0.15, -0.1) is 11.3 Å². The van der Waals surface area contributed by atoms with Gasteiger partial charge in [0.15, 0.2) is 0 Å². The Morgan fingerprint density at radius 1 is 1.20 bits per heavy atom. The van der Waals surface area contributed by atoms with Crippen molar-refractivity contribution in [1.29, 1.82) is 0 Å². The molecule has 0 radical (unpaired) electrons. The topological polar surface area (TPSA) is 49.4 Å². The number of amides is 2. The zero-order chi connectivity index (χ0) is 17.4. The van der Waals surface area contributed by atoms with Crippen LogP contribution in [0, 0.1) is 6.92 Å². The van der Waals surface area contributed by atoms with Crippen LogP contribution in [0.25, 0.3) is 0 Å². The van der Waals surface area contributed by atoms with E-state index in [1.54, 1.807) is 0 Å². The van der Waals surface area contributed by atoms with Crippen LogP contribution in [0.2, 0.25) is 0 Å². The lowest BCUT2D eigenvalue weighted by Gasteiger charge is -2.43. The molecule has 0 aliphatic carbocycles. The number of rotatable bonds is 2. The molecule has 4 rings (SSSR count). The highest BCUT2D eigenvalue weighted by Gasteiger charge is 2.49. The van der Waals surface area contributed by atoms with E-state index in [0.29, 0.717) is 19.5 Å². The molecule has 1 aromatic heterocycles. The third-order valence-corrected chi connectivity index (χ3v) is 6.65. The van der Waals surface area contributed by atoms with Gasteiger partial charge in [-0.2, -0.15) is 0 Å². The van der Waals surface area contributed by atoms with Gasteiger partial charge in [0.25, 0.3) is 5.91 Å². The molecule has 0 saturated carbocycles. The van der Waals surface area contributed by atoms with Gasteiger partial charge < -0.3 is 10.2 Å². The molecule has 2 saturated heterocycles. The van der Waals surface area contributed by atoms with Crippen LogP contribution in [0.3, 0.4) is 0 Å². The molecule has 1 atom stereocenters. The lowest BCUT2D eigenvalue weighted by molar-refractivity contribution is -0.120. The summed E-state index contributed by atoms with van der Waals surface area (Å²) in [5.74, 6) is 0.451. The maximum atomic E-state index is 12.7. The molecule has 1 aromatic carbocycles. The number of likely N-dealkylation sites (tertiary alicyclic amines) is 1. The van der Waals surface area contributed by atoms with Crippen LogP contribution in [0.4, 0.5) is 0 Å². The average Bonchev–Trinajstić information content (AvgIpc) is 3.19. The molecule has 25 heavy (non-hydrogen) atoms. The first-order valence-corrected chi connectivity index (χ1v) is 9.66. The predicted molar refractivity (Wildman–Crippen MR) is 98.9 cm³/mol. The number of hydrogen-bond donors (Lipinski definition) is 1. The molecular weight excluding hydrogens is 332 g/mol. The molecule has 3 heterocycles. The highest BCUT2D eigenvalue weighted by atomic mass is 32.1. The second-order valence-electron chi connectivity index (χ2n) is 7.10. The molecular formula is C20H22N2O2S.